The zero-order valence-electron chi connectivity index (χ0n) is 16.4. The second-order valence-corrected chi connectivity index (χ2v) is 8.34. The number of aryl methyl sites for hydroxylation is 1. The monoisotopic (exact) mass is 440 g/mol. The number of amides is 1. The summed E-state index contributed by atoms with van der Waals surface area (Å²) in [6, 6.07) is 11.1. The Morgan fingerprint density at radius 1 is 1.14 bits per heavy atom. The summed E-state index contributed by atoms with van der Waals surface area (Å²) in [6.07, 6.45) is 0.709. The molecule has 0 radical (unpaired) electrons. The van der Waals surface area contributed by atoms with Gasteiger partial charge in [0, 0.05) is 25.4 Å². The normalized spacial score (nSPS) is 11.1. The number of benzene rings is 2. The van der Waals surface area contributed by atoms with E-state index in [1.165, 1.54) is 18.2 Å². The molecule has 0 bridgehead atoms. The Labute approximate surface area is 176 Å². The minimum Gasteiger partial charge on any atom is -0.482 e. The van der Waals surface area contributed by atoms with Crippen molar-refractivity contribution in [2.45, 2.75) is 25.2 Å². The quantitative estimate of drug-likeness (QED) is 0.522. The molecule has 7 nitrogen and oxygen atoms in total. The number of ether oxygens (including phenoxy) is 2. The molecular weight excluding hydrogens is 416 g/mol. The van der Waals surface area contributed by atoms with Gasteiger partial charge in [-0.25, -0.2) is 8.42 Å². The van der Waals surface area contributed by atoms with Crippen LogP contribution < -0.4 is 14.8 Å². The number of anilines is 1. The summed E-state index contributed by atoms with van der Waals surface area (Å²) in [5.74, 6) is -0.0688. The van der Waals surface area contributed by atoms with E-state index in [4.69, 9.17) is 21.1 Å². The smallest absolute Gasteiger partial charge is 0.261 e. The molecule has 0 heterocycles. The summed E-state index contributed by atoms with van der Waals surface area (Å²) in [6.45, 7) is 5.31. The lowest BCUT2D eigenvalue weighted by Crippen LogP contribution is -2.30. The summed E-state index contributed by atoms with van der Waals surface area (Å²) >= 11 is 6.14. The third-order valence-electron chi connectivity index (χ3n) is 3.87. The lowest BCUT2D eigenvalue weighted by Gasteiger charge is -2.12. The van der Waals surface area contributed by atoms with Gasteiger partial charge < -0.3 is 14.8 Å². The van der Waals surface area contributed by atoms with Crippen molar-refractivity contribution in [1.82, 2.24) is 5.32 Å². The summed E-state index contributed by atoms with van der Waals surface area (Å²) in [7, 11) is -3.80. The highest BCUT2D eigenvalue weighted by Crippen LogP contribution is 2.28. The zero-order chi connectivity index (χ0) is 21.3. The highest BCUT2D eigenvalue weighted by Gasteiger charge is 2.17. The molecule has 2 N–H and O–H groups in total. The Kier molecular flexibility index (Phi) is 8.75. The number of nitrogens with one attached hydrogen (secondary N) is 2. The first kappa shape index (κ1) is 23.0. The molecular formula is C20H25ClN2O5S. The van der Waals surface area contributed by atoms with Crippen LogP contribution >= 0.6 is 11.6 Å². The van der Waals surface area contributed by atoms with Crippen LogP contribution in [-0.2, 0) is 19.6 Å². The number of rotatable bonds is 11. The Morgan fingerprint density at radius 2 is 1.86 bits per heavy atom. The van der Waals surface area contributed by atoms with Gasteiger partial charge in [-0.05, 0) is 50.6 Å². The molecule has 9 heteroatoms. The molecule has 0 atom stereocenters. The summed E-state index contributed by atoms with van der Waals surface area (Å²) in [4.78, 5) is 11.8. The topological polar surface area (TPSA) is 93.7 Å². The van der Waals surface area contributed by atoms with E-state index >= 15 is 0 Å². The molecule has 2 aromatic carbocycles. The van der Waals surface area contributed by atoms with Crippen LogP contribution in [0, 0.1) is 6.92 Å². The van der Waals surface area contributed by atoms with E-state index in [0.717, 1.165) is 5.56 Å². The number of halogens is 1. The van der Waals surface area contributed by atoms with Gasteiger partial charge in [-0.15, -0.1) is 0 Å². The van der Waals surface area contributed by atoms with Crippen LogP contribution in [0.5, 0.6) is 5.75 Å². The van der Waals surface area contributed by atoms with Gasteiger partial charge in [0.2, 0.25) is 0 Å². The third kappa shape index (κ3) is 7.56. The van der Waals surface area contributed by atoms with Crippen molar-refractivity contribution >= 4 is 33.2 Å². The fraction of sp³-hybridized carbons (Fsp3) is 0.350. The number of carbonyl (C=O) groups is 1. The maximum atomic E-state index is 12.5. The van der Waals surface area contributed by atoms with Gasteiger partial charge in [0.05, 0.1) is 9.92 Å². The molecule has 0 saturated carbocycles. The van der Waals surface area contributed by atoms with Crippen LogP contribution in [0.4, 0.5) is 5.69 Å². The minimum absolute atomic E-state index is 0.00389. The second-order valence-electron chi connectivity index (χ2n) is 6.25. The van der Waals surface area contributed by atoms with Gasteiger partial charge >= 0.3 is 0 Å². The van der Waals surface area contributed by atoms with E-state index in [1.54, 1.807) is 12.1 Å². The molecule has 158 valence electrons. The van der Waals surface area contributed by atoms with E-state index in [0.29, 0.717) is 31.9 Å². The molecule has 0 aliphatic carbocycles. The third-order valence-corrected chi connectivity index (χ3v) is 5.54. The summed E-state index contributed by atoms with van der Waals surface area (Å²) in [5.41, 5.74) is 1.48. The van der Waals surface area contributed by atoms with Gasteiger partial charge in [-0.2, -0.15) is 0 Å². The molecule has 1 amide bonds. The molecule has 0 aliphatic rings. The van der Waals surface area contributed by atoms with E-state index in [2.05, 4.69) is 10.0 Å². The van der Waals surface area contributed by atoms with Crippen LogP contribution in [0.25, 0.3) is 0 Å². The van der Waals surface area contributed by atoms with Crippen molar-refractivity contribution < 1.29 is 22.7 Å². The largest absolute Gasteiger partial charge is 0.482 e. The maximum Gasteiger partial charge on any atom is 0.261 e. The zero-order valence-corrected chi connectivity index (χ0v) is 18.0. The lowest BCUT2D eigenvalue weighted by atomic mass is 10.2. The molecule has 0 aliphatic heterocycles. The Bertz CT molecular complexity index is 917. The van der Waals surface area contributed by atoms with Crippen LogP contribution in [0.1, 0.15) is 18.9 Å². The van der Waals surface area contributed by atoms with E-state index in [-0.39, 0.29) is 28.2 Å². The minimum atomic E-state index is -3.80. The van der Waals surface area contributed by atoms with Gasteiger partial charge in [0.1, 0.15) is 5.75 Å². The van der Waals surface area contributed by atoms with Crippen LogP contribution in [0.15, 0.2) is 47.4 Å². The predicted molar refractivity (Wildman–Crippen MR) is 113 cm³/mol. The van der Waals surface area contributed by atoms with Gasteiger partial charge in [0.25, 0.3) is 15.9 Å². The van der Waals surface area contributed by atoms with E-state index in [9.17, 15) is 13.2 Å². The highest BCUT2D eigenvalue weighted by molar-refractivity contribution is 7.92. The average molecular weight is 441 g/mol. The van der Waals surface area contributed by atoms with Gasteiger partial charge in [-0.3, -0.25) is 9.52 Å². The van der Waals surface area contributed by atoms with Gasteiger partial charge in [0.15, 0.2) is 6.61 Å². The molecule has 0 spiro atoms. The molecule has 0 saturated heterocycles. The van der Waals surface area contributed by atoms with Crippen molar-refractivity contribution in [2.24, 2.45) is 0 Å². The Balaban J connectivity index is 1.92. The number of carbonyl (C=O) groups excluding carboxylic acids is 1. The van der Waals surface area contributed by atoms with Gasteiger partial charge in [-0.1, -0.05) is 29.3 Å². The summed E-state index contributed by atoms with van der Waals surface area (Å²) in [5, 5.41) is 2.80. The number of hydrogen-bond acceptors (Lipinski definition) is 5. The Morgan fingerprint density at radius 3 is 2.52 bits per heavy atom. The fourth-order valence-corrected chi connectivity index (χ4v) is 3.73. The van der Waals surface area contributed by atoms with Crippen molar-refractivity contribution in [3.63, 3.8) is 0 Å². The van der Waals surface area contributed by atoms with Crippen molar-refractivity contribution in [3.05, 3.63) is 53.1 Å². The maximum absolute atomic E-state index is 12.5. The molecule has 0 aromatic heterocycles. The highest BCUT2D eigenvalue weighted by atomic mass is 35.5. The predicted octanol–water partition coefficient (Wildman–Crippen LogP) is 3.37. The standard InChI is InChI=1S/C20H25ClN2O5S/c1-3-27-12-4-11-22-20(24)14-28-19-10-9-17(13-18(19)21)29(25,26)23-16-7-5-15(2)6-8-16/h5-10,13,23H,3-4,11-12,14H2,1-2H3,(H,22,24). The second kappa shape index (κ2) is 11.0. The van der Waals surface area contributed by atoms with E-state index < -0.39 is 10.0 Å². The SMILES string of the molecule is CCOCCCNC(=O)COc1ccc(S(=O)(=O)Nc2ccc(C)cc2)cc1Cl. The molecule has 2 rings (SSSR count). The lowest BCUT2D eigenvalue weighted by molar-refractivity contribution is -0.123. The van der Waals surface area contributed by atoms with Crippen LogP contribution in [-0.4, -0.2) is 40.7 Å². The van der Waals surface area contributed by atoms with Crippen molar-refractivity contribution in [2.75, 3.05) is 31.1 Å². The number of sulfonamides is 1. The number of hydrogen-bond donors (Lipinski definition) is 2. The first-order valence-electron chi connectivity index (χ1n) is 9.18. The molecule has 0 unspecified atom stereocenters. The van der Waals surface area contributed by atoms with Crippen LogP contribution in [0.2, 0.25) is 5.02 Å². The van der Waals surface area contributed by atoms with Crippen LogP contribution in [0.3, 0.4) is 0 Å². The van der Waals surface area contributed by atoms with Crippen molar-refractivity contribution in [3.8, 4) is 5.75 Å². The molecule has 0 fully saturated rings. The fourth-order valence-electron chi connectivity index (χ4n) is 2.34. The molecule has 2 aromatic rings. The Hall–Kier alpha value is -2.29. The van der Waals surface area contributed by atoms with Crippen molar-refractivity contribution in [1.29, 1.82) is 0 Å². The average Bonchev–Trinajstić information content (AvgIpc) is 2.68. The summed E-state index contributed by atoms with van der Waals surface area (Å²) < 4.78 is 38.1. The van der Waals surface area contributed by atoms with E-state index in [1.807, 2.05) is 26.0 Å². The first-order valence-corrected chi connectivity index (χ1v) is 11.0. The molecule has 29 heavy (non-hydrogen) atoms. The first-order chi connectivity index (χ1) is 13.8.